The van der Waals surface area contributed by atoms with E-state index in [4.69, 9.17) is 0 Å². The summed E-state index contributed by atoms with van der Waals surface area (Å²) >= 11 is 0. The molecule has 1 aromatic carbocycles. The lowest BCUT2D eigenvalue weighted by Gasteiger charge is -2.25. The van der Waals surface area contributed by atoms with Gasteiger partial charge in [0.2, 0.25) is 0 Å². The Labute approximate surface area is 120 Å². The second-order valence-corrected chi connectivity index (χ2v) is 5.65. The second-order valence-electron chi connectivity index (χ2n) is 5.65. The molecule has 0 aliphatic carbocycles. The summed E-state index contributed by atoms with van der Waals surface area (Å²) in [5.74, 6) is 2.11. The molecule has 2 heterocycles. The molecule has 1 atom stereocenters. The minimum absolute atomic E-state index is 0.347. The minimum atomic E-state index is 0.347. The lowest BCUT2D eigenvalue weighted by molar-refractivity contribution is 0.394. The Hall–Kier alpha value is -1.68. The molecule has 3 rings (SSSR count). The van der Waals surface area contributed by atoms with Crippen LogP contribution >= 0.6 is 0 Å². The van der Waals surface area contributed by atoms with Crippen LogP contribution in [0.1, 0.15) is 42.8 Å². The molecule has 0 radical (unpaired) electrons. The van der Waals surface area contributed by atoms with E-state index in [0.717, 1.165) is 37.6 Å². The Morgan fingerprint density at radius 1 is 1.30 bits per heavy atom. The predicted molar refractivity (Wildman–Crippen MR) is 80.6 cm³/mol. The van der Waals surface area contributed by atoms with Crippen molar-refractivity contribution in [2.45, 2.75) is 46.2 Å². The first-order valence-electron chi connectivity index (χ1n) is 7.44. The highest BCUT2D eigenvalue weighted by Gasteiger charge is 2.25. The van der Waals surface area contributed by atoms with Crippen LogP contribution in [0.3, 0.4) is 0 Å². The van der Waals surface area contributed by atoms with E-state index in [9.17, 15) is 0 Å². The van der Waals surface area contributed by atoms with Gasteiger partial charge in [0.1, 0.15) is 0 Å². The van der Waals surface area contributed by atoms with E-state index < -0.39 is 0 Å². The number of rotatable bonds is 3. The Morgan fingerprint density at radius 2 is 2.15 bits per heavy atom. The zero-order chi connectivity index (χ0) is 14.1. The first-order chi connectivity index (χ1) is 9.70. The highest BCUT2D eigenvalue weighted by molar-refractivity contribution is 5.61. The molecule has 0 fully saturated rings. The van der Waals surface area contributed by atoms with Gasteiger partial charge < -0.3 is 9.88 Å². The molecule has 0 saturated carbocycles. The lowest BCUT2D eigenvalue weighted by Crippen LogP contribution is -2.33. The average molecular weight is 270 g/mol. The van der Waals surface area contributed by atoms with Crippen LogP contribution in [0.4, 0.5) is 0 Å². The lowest BCUT2D eigenvalue weighted by atomic mass is 10.0. The summed E-state index contributed by atoms with van der Waals surface area (Å²) in [5.41, 5.74) is 3.74. The van der Waals surface area contributed by atoms with Gasteiger partial charge in [-0.15, -0.1) is 10.2 Å². The van der Waals surface area contributed by atoms with Crippen LogP contribution in [-0.2, 0) is 6.54 Å². The van der Waals surface area contributed by atoms with Gasteiger partial charge in [-0.2, -0.15) is 0 Å². The second kappa shape index (κ2) is 5.37. The summed E-state index contributed by atoms with van der Waals surface area (Å²) in [6.45, 7) is 8.42. The Morgan fingerprint density at radius 3 is 2.95 bits per heavy atom. The molecule has 1 N–H and O–H groups in total. The number of nitrogens with zero attached hydrogens (tertiary/aromatic N) is 3. The fraction of sp³-hybridized carbons (Fsp3) is 0.500. The normalized spacial score (nSPS) is 18.1. The molecule has 106 valence electrons. The van der Waals surface area contributed by atoms with Crippen molar-refractivity contribution in [3.8, 4) is 11.4 Å². The van der Waals surface area contributed by atoms with Gasteiger partial charge >= 0.3 is 0 Å². The molecule has 4 heteroatoms. The van der Waals surface area contributed by atoms with Crippen LogP contribution in [0.2, 0.25) is 0 Å². The standard InChI is InChI=1S/C16H22N4/c1-4-5-14-16-19-18-15(20(16)9-8-17-14)13-10-11(2)6-7-12(13)3/h6-7,10,14,17H,4-5,8-9H2,1-3H3. The molecule has 0 bridgehead atoms. The molecule has 0 spiro atoms. The molecule has 1 aliphatic rings. The van der Waals surface area contributed by atoms with Gasteiger partial charge in [-0.25, -0.2) is 0 Å². The molecule has 1 unspecified atom stereocenters. The molecular formula is C16H22N4. The largest absolute Gasteiger partial charge is 0.308 e. The molecular weight excluding hydrogens is 248 g/mol. The first kappa shape index (κ1) is 13.3. The van der Waals surface area contributed by atoms with Crippen molar-refractivity contribution in [1.29, 1.82) is 0 Å². The average Bonchev–Trinajstić information content (AvgIpc) is 2.87. The van der Waals surface area contributed by atoms with Crippen LogP contribution in [0.15, 0.2) is 18.2 Å². The number of benzene rings is 1. The molecule has 0 amide bonds. The molecule has 20 heavy (non-hydrogen) atoms. The summed E-state index contributed by atoms with van der Waals surface area (Å²) in [5, 5.41) is 12.5. The van der Waals surface area contributed by atoms with E-state index in [1.54, 1.807) is 0 Å². The van der Waals surface area contributed by atoms with Gasteiger partial charge in [-0.05, 0) is 31.9 Å². The van der Waals surface area contributed by atoms with Gasteiger partial charge in [0.05, 0.1) is 6.04 Å². The number of aromatic nitrogens is 3. The van der Waals surface area contributed by atoms with E-state index in [0.29, 0.717) is 6.04 Å². The van der Waals surface area contributed by atoms with E-state index in [1.165, 1.54) is 16.7 Å². The van der Waals surface area contributed by atoms with Crippen LogP contribution in [0.25, 0.3) is 11.4 Å². The predicted octanol–water partition coefficient (Wildman–Crippen LogP) is 3.01. The van der Waals surface area contributed by atoms with Crippen molar-refractivity contribution in [2.75, 3.05) is 6.54 Å². The first-order valence-corrected chi connectivity index (χ1v) is 7.44. The fourth-order valence-electron chi connectivity index (χ4n) is 2.93. The highest BCUT2D eigenvalue weighted by atomic mass is 15.3. The van der Waals surface area contributed by atoms with Gasteiger partial charge in [-0.3, -0.25) is 0 Å². The summed E-state index contributed by atoms with van der Waals surface area (Å²) in [7, 11) is 0. The van der Waals surface area contributed by atoms with Gasteiger partial charge in [0.25, 0.3) is 0 Å². The minimum Gasteiger partial charge on any atom is -0.308 e. The zero-order valence-corrected chi connectivity index (χ0v) is 12.5. The third-order valence-corrected chi connectivity index (χ3v) is 4.03. The van der Waals surface area contributed by atoms with Crippen LogP contribution in [-0.4, -0.2) is 21.3 Å². The molecule has 1 aromatic heterocycles. The highest BCUT2D eigenvalue weighted by Crippen LogP contribution is 2.28. The van der Waals surface area contributed by atoms with E-state index in [2.05, 4.69) is 59.1 Å². The van der Waals surface area contributed by atoms with Crippen molar-refractivity contribution in [1.82, 2.24) is 20.1 Å². The Bertz CT molecular complexity index is 615. The third kappa shape index (κ3) is 2.24. The van der Waals surface area contributed by atoms with E-state index >= 15 is 0 Å². The van der Waals surface area contributed by atoms with E-state index in [1.807, 2.05) is 0 Å². The quantitative estimate of drug-likeness (QED) is 0.932. The number of aryl methyl sites for hydroxylation is 2. The molecule has 0 saturated heterocycles. The maximum absolute atomic E-state index is 4.48. The molecule has 2 aromatic rings. The number of hydrogen-bond acceptors (Lipinski definition) is 3. The van der Waals surface area contributed by atoms with Gasteiger partial charge in [-0.1, -0.05) is 31.0 Å². The number of fused-ring (bicyclic) bond motifs is 1. The monoisotopic (exact) mass is 270 g/mol. The molecule has 4 nitrogen and oxygen atoms in total. The van der Waals surface area contributed by atoms with Crippen molar-refractivity contribution in [3.05, 3.63) is 35.2 Å². The molecule has 1 aliphatic heterocycles. The Kier molecular flexibility index (Phi) is 3.57. The van der Waals surface area contributed by atoms with Crippen molar-refractivity contribution >= 4 is 0 Å². The summed E-state index contributed by atoms with van der Waals surface area (Å²) in [6, 6.07) is 6.87. The zero-order valence-electron chi connectivity index (χ0n) is 12.5. The fourth-order valence-corrected chi connectivity index (χ4v) is 2.93. The van der Waals surface area contributed by atoms with Gasteiger partial charge in [0, 0.05) is 18.7 Å². The van der Waals surface area contributed by atoms with Crippen LogP contribution in [0, 0.1) is 13.8 Å². The van der Waals surface area contributed by atoms with Crippen molar-refractivity contribution in [2.24, 2.45) is 0 Å². The SMILES string of the molecule is CCCC1NCCn2c(-c3cc(C)ccc3C)nnc21. The number of nitrogens with one attached hydrogen (secondary N) is 1. The number of hydrogen-bond donors (Lipinski definition) is 1. The van der Waals surface area contributed by atoms with Gasteiger partial charge in [0.15, 0.2) is 11.6 Å². The Balaban J connectivity index is 2.06. The third-order valence-electron chi connectivity index (χ3n) is 4.03. The van der Waals surface area contributed by atoms with Crippen molar-refractivity contribution in [3.63, 3.8) is 0 Å². The van der Waals surface area contributed by atoms with E-state index in [-0.39, 0.29) is 0 Å². The smallest absolute Gasteiger partial charge is 0.164 e. The summed E-state index contributed by atoms with van der Waals surface area (Å²) in [4.78, 5) is 0. The summed E-state index contributed by atoms with van der Waals surface area (Å²) < 4.78 is 2.29. The van der Waals surface area contributed by atoms with Crippen LogP contribution in [0.5, 0.6) is 0 Å². The topological polar surface area (TPSA) is 42.7 Å². The van der Waals surface area contributed by atoms with Crippen LogP contribution < -0.4 is 5.32 Å². The maximum Gasteiger partial charge on any atom is 0.164 e. The maximum atomic E-state index is 4.48. The summed E-state index contributed by atoms with van der Waals surface area (Å²) in [6.07, 6.45) is 2.27. The van der Waals surface area contributed by atoms with Crippen molar-refractivity contribution < 1.29 is 0 Å².